The summed E-state index contributed by atoms with van der Waals surface area (Å²) in [6.07, 6.45) is 0. The predicted molar refractivity (Wildman–Crippen MR) is 61.1 cm³/mol. The van der Waals surface area contributed by atoms with Crippen LogP contribution in [0.4, 0.5) is 4.39 Å². The number of hydrogen-bond acceptors (Lipinski definition) is 2. The number of likely N-dealkylation sites (N-methyl/N-ethyl adjacent to an activating group) is 1. The SMILES string of the molecule is Cc1cc(F)ccc1CN(C)C(C)CN. The van der Waals surface area contributed by atoms with Crippen molar-refractivity contribution in [2.75, 3.05) is 13.6 Å². The van der Waals surface area contributed by atoms with E-state index in [1.54, 1.807) is 6.07 Å². The minimum atomic E-state index is -0.175. The molecular weight excluding hydrogens is 191 g/mol. The average Bonchev–Trinajstić information content (AvgIpc) is 2.20. The third kappa shape index (κ3) is 3.29. The van der Waals surface area contributed by atoms with Crippen LogP contribution in [0.1, 0.15) is 18.1 Å². The van der Waals surface area contributed by atoms with Crippen LogP contribution in [0.2, 0.25) is 0 Å². The van der Waals surface area contributed by atoms with Gasteiger partial charge < -0.3 is 5.73 Å². The summed E-state index contributed by atoms with van der Waals surface area (Å²) in [5.41, 5.74) is 7.73. The molecule has 0 amide bonds. The minimum absolute atomic E-state index is 0.175. The van der Waals surface area contributed by atoms with Gasteiger partial charge in [0.2, 0.25) is 0 Å². The molecule has 0 heterocycles. The standard InChI is InChI=1S/C12H19FN2/c1-9-6-12(13)5-4-11(9)8-15(3)10(2)7-14/h4-6,10H,7-8,14H2,1-3H3. The lowest BCUT2D eigenvalue weighted by molar-refractivity contribution is 0.254. The van der Waals surface area contributed by atoms with Crippen molar-refractivity contribution in [2.24, 2.45) is 5.73 Å². The van der Waals surface area contributed by atoms with E-state index in [1.807, 2.05) is 20.0 Å². The van der Waals surface area contributed by atoms with Gasteiger partial charge >= 0.3 is 0 Å². The highest BCUT2D eigenvalue weighted by Crippen LogP contribution is 2.13. The number of benzene rings is 1. The van der Waals surface area contributed by atoms with E-state index in [0.29, 0.717) is 12.6 Å². The van der Waals surface area contributed by atoms with Gasteiger partial charge in [0.1, 0.15) is 5.82 Å². The van der Waals surface area contributed by atoms with Gasteiger partial charge in [0.25, 0.3) is 0 Å². The molecule has 0 aliphatic heterocycles. The summed E-state index contributed by atoms with van der Waals surface area (Å²) in [5.74, 6) is -0.175. The van der Waals surface area contributed by atoms with E-state index in [-0.39, 0.29) is 5.82 Å². The van der Waals surface area contributed by atoms with Gasteiger partial charge in [-0.1, -0.05) is 6.07 Å². The quantitative estimate of drug-likeness (QED) is 0.822. The lowest BCUT2D eigenvalue weighted by Crippen LogP contribution is -2.34. The summed E-state index contributed by atoms with van der Waals surface area (Å²) in [7, 11) is 2.03. The third-order valence-corrected chi connectivity index (χ3v) is 2.82. The largest absolute Gasteiger partial charge is 0.329 e. The molecule has 1 unspecified atom stereocenters. The van der Waals surface area contributed by atoms with Crippen molar-refractivity contribution in [3.05, 3.63) is 35.1 Å². The molecule has 0 aromatic heterocycles. The number of nitrogens with two attached hydrogens (primary N) is 1. The maximum atomic E-state index is 12.9. The zero-order valence-corrected chi connectivity index (χ0v) is 9.63. The summed E-state index contributed by atoms with van der Waals surface area (Å²) in [5, 5.41) is 0. The Hall–Kier alpha value is -0.930. The second-order valence-corrected chi connectivity index (χ2v) is 4.07. The molecule has 1 rings (SSSR count). The van der Waals surface area contributed by atoms with E-state index >= 15 is 0 Å². The van der Waals surface area contributed by atoms with Crippen LogP contribution in [0.3, 0.4) is 0 Å². The normalized spacial score (nSPS) is 13.2. The fourth-order valence-corrected chi connectivity index (χ4v) is 1.44. The molecule has 2 nitrogen and oxygen atoms in total. The fourth-order valence-electron chi connectivity index (χ4n) is 1.44. The van der Waals surface area contributed by atoms with Crippen molar-refractivity contribution < 1.29 is 4.39 Å². The minimum Gasteiger partial charge on any atom is -0.329 e. The van der Waals surface area contributed by atoms with Crippen molar-refractivity contribution in [3.63, 3.8) is 0 Å². The predicted octanol–water partition coefficient (Wildman–Crippen LogP) is 1.91. The molecule has 1 atom stereocenters. The first-order chi connectivity index (χ1) is 7.04. The van der Waals surface area contributed by atoms with Crippen LogP contribution >= 0.6 is 0 Å². The van der Waals surface area contributed by atoms with Gasteiger partial charge in [0.15, 0.2) is 0 Å². The van der Waals surface area contributed by atoms with Gasteiger partial charge in [-0.2, -0.15) is 0 Å². The molecular formula is C12H19FN2. The molecule has 0 aliphatic rings. The first kappa shape index (κ1) is 12.1. The lowest BCUT2D eigenvalue weighted by atomic mass is 10.1. The van der Waals surface area contributed by atoms with Crippen LogP contribution in [-0.2, 0) is 6.54 Å². The van der Waals surface area contributed by atoms with Crippen LogP contribution in [0.5, 0.6) is 0 Å². The smallest absolute Gasteiger partial charge is 0.123 e. The second kappa shape index (κ2) is 5.24. The van der Waals surface area contributed by atoms with Crippen molar-refractivity contribution in [2.45, 2.75) is 26.4 Å². The Balaban J connectivity index is 2.72. The Kier molecular flexibility index (Phi) is 4.24. The zero-order chi connectivity index (χ0) is 11.4. The summed E-state index contributed by atoms with van der Waals surface area (Å²) in [6, 6.07) is 5.25. The van der Waals surface area contributed by atoms with Crippen LogP contribution in [-0.4, -0.2) is 24.5 Å². The number of nitrogens with zero attached hydrogens (tertiary/aromatic N) is 1. The zero-order valence-electron chi connectivity index (χ0n) is 9.63. The van der Waals surface area contributed by atoms with Gasteiger partial charge in [-0.05, 0) is 44.2 Å². The van der Waals surface area contributed by atoms with Crippen molar-refractivity contribution in [1.82, 2.24) is 4.90 Å². The molecule has 15 heavy (non-hydrogen) atoms. The molecule has 1 aromatic rings. The number of halogens is 1. The van der Waals surface area contributed by atoms with Crippen LogP contribution < -0.4 is 5.73 Å². The highest BCUT2D eigenvalue weighted by Gasteiger charge is 2.09. The highest BCUT2D eigenvalue weighted by molar-refractivity contribution is 5.26. The fraction of sp³-hybridized carbons (Fsp3) is 0.500. The summed E-state index contributed by atoms with van der Waals surface area (Å²) in [6.45, 7) is 5.46. The van der Waals surface area contributed by atoms with E-state index in [4.69, 9.17) is 5.73 Å². The second-order valence-electron chi connectivity index (χ2n) is 4.07. The van der Waals surface area contributed by atoms with Crippen LogP contribution in [0.25, 0.3) is 0 Å². The Morgan fingerprint density at radius 3 is 2.67 bits per heavy atom. The molecule has 84 valence electrons. The maximum absolute atomic E-state index is 12.9. The van der Waals surface area contributed by atoms with E-state index in [0.717, 1.165) is 17.7 Å². The van der Waals surface area contributed by atoms with E-state index < -0.39 is 0 Å². The molecule has 0 fully saturated rings. The van der Waals surface area contributed by atoms with Crippen LogP contribution in [0.15, 0.2) is 18.2 Å². The Bertz CT molecular complexity index is 325. The molecule has 0 bridgehead atoms. The summed E-state index contributed by atoms with van der Waals surface area (Å²) in [4.78, 5) is 2.17. The first-order valence-corrected chi connectivity index (χ1v) is 5.20. The Morgan fingerprint density at radius 2 is 2.13 bits per heavy atom. The monoisotopic (exact) mass is 210 g/mol. The maximum Gasteiger partial charge on any atom is 0.123 e. The van der Waals surface area contributed by atoms with Gasteiger partial charge in [0, 0.05) is 19.1 Å². The molecule has 0 radical (unpaired) electrons. The molecule has 0 saturated heterocycles. The average molecular weight is 210 g/mol. The first-order valence-electron chi connectivity index (χ1n) is 5.20. The van der Waals surface area contributed by atoms with E-state index in [9.17, 15) is 4.39 Å². The Morgan fingerprint density at radius 1 is 1.47 bits per heavy atom. The summed E-state index contributed by atoms with van der Waals surface area (Å²) < 4.78 is 12.9. The van der Waals surface area contributed by atoms with Crippen molar-refractivity contribution in [3.8, 4) is 0 Å². The van der Waals surface area contributed by atoms with Gasteiger partial charge in [-0.25, -0.2) is 4.39 Å². The molecule has 2 N–H and O–H groups in total. The Labute approximate surface area is 90.9 Å². The van der Waals surface area contributed by atoms with Crippen molar-refractivity contribution in [1.29, 1.82) is 0 Å². The molecule has 3 heteroatoms. The highest BCUT2D eigenvalue weighted by atomic mass is 19.1. The molecule has 0 saturated carbocycles. The molecule has 0 aliphatic carbocycles. The number of aryl methyl sites for hydroxylation is 1. The molecule has 0 spiro atoms. The molecule has 1 aromatic carbocycles. The van der Waals surface area contributed by atoms with Crippen LogP contribution in [0, 0.1) is 12.7 Å². The van der Waals surface area contributed by atoms with E-state index in [2.05, 4.69) is 11.8 Å². The number of hydrogen-bond donors (Lipinski definition) is 1. The topological polar surface area (TPSA) is 29.3 Å². The third-order valence-electron chi connectivity index (χ3n) is 2.82. The number of rotatable bonds is 4. The lowest BCUT2D eigenvalue weighted by Gasteiger charge is -2.24. The van der Waals surface area contributed by atoms with Gasteiger partial charge in [0.05, 0.1) is 0 Å². The van der Waals surface area contributed by atoms with Gasteiger partial charge in [-0.15, -0.1) is 0 Å². The van der Waals surface area contributed by atoms with Crippen molar-refractivity contribution >= 4 is 0 Å². The van der Waals surface area contributed by atoms with E-state index in [1.165, 1.54) is 6.07 Å². The van der Waals surface area contributed by atoms with Gasteiger partial charge in [-0.3, -0.25) is 4.90 Å². The summed E-state index contributed by atoms with van der Waals surface area (Å²) >= 11 is 0.